The Morgan fingerprint density at radius 3 is 2.65 bits per heavy atom. The largest absolute Gasteiger partial charge is 0.483 e. The predicted octanol–water partition coefficient (Wildman–Crippen LogP) is 1.72. The van der Waals surface area contributed by atoms with Crippen LogP contribution in [0.25, 0.3) is 0 Å². The maximum atomic E-state index is 12.3. The van der Waals surface area contributed by atoms with Crippen LogP contribution in [0.2, 0.25) is 0 Å². The molecule has 8 heteroatoms. The Morgan fingerprint density at radius 2 is 2.08 bits per heavy atom. The first-order valence-electron chi connectivity index (χ1n) is 8.93. The molecule has 0 radical (unpaired) electrons. The summed E-state index contributed by atoms with van der Waals surface area (Å²) in [6.45, 7) is 4.69. The predicted molar refractivity (Wildman–Crippen MR) is 104 cm³/mol. The van der Waals surface area contributed by atoms with Crippen LogP contribution in [0.4, 0.5) is 4.79 Å². The van der Waals surface area contributed by atoms with E-state index in [9.17, 15) is 4.79 Å². The molecule has 0 atom stereocenters. The first kappa shape index (κ1) is 20.5. The summed E-state index contributed by atoms with van der Waals surface area (Å²) in [5.74, 6) is 1.59. The molecule has 0 unspecified atom stereocenters. The summed E-state index contributed by atoms with van der Waals surface area (Å²) in [5.41, 5.74) is 1.10. The van der Waals surface area contributed by atoms with Crippen LogP contribution in [0, 0.1) is 0 Å². The molecule has 0 aliphatic carbocycles. The molecule has 2 aliphatic rings. The Kier molecular flexibility index (Phi) is 8.70. The van der Waals surface area contributed by atoms with Crippen LogP contribution in [0.5, 0.6) is 0 Å². The van der Waals surface area contributed by atoms with Crippen molar-refractivity contribution in [2.24, 2.45) is 0 Å². The molecule has 2 aliphatic heterocycles. The lowest BCUT2D eigenvalue weighted by Gasteiger charge is -2.40. The van der Waals surface area contributed by atoms with E-state index in [2.05, 4.69) is 21.5 Å². The minimum absolute atomic E-state index is 0.0970. The van der Waals surface area contributed by atoms with Gasteiger partial charge in [-0.3, -0.25) is 9.78 Å². The summed E-state index contributed by atoms with van der Waals surface area (Å²) in [6, 6.07) is 6.42. The summed E-state index contributed by atoms with van der Waals surface area (Å²) in [5, 5.41) is 10.1. The number of aromatic nitrogens is 1. The number of nitrogens with zero attached hydrogens (tertiary/aromatic N) is 3. The summed E-state index contributed by atoms with van der Waals surface area (Å²) in [4.78, 5) is 29.4. The van der Waals surface area contributed by atoms with E-state index in [1.165, 1.54) is 12.3 Å². The van der Waals surface area contributed by atoms with Gasteiger partial charge in [-0.05, 0) is 31.2 Å². The molecule has 3 rings (SSSR count). The number of carboxylic acid groups (broad SMARTS) is 1. The third kappa shape index (κ3) is 6.17. The van der Waals surface area contributed by atoms with E-state index in [1.807, 2.05) is 41.1 Å². The van der Waals surface area contributed by atoms with Crippen molar-refractivity contribution in [3.05, 3.63) is 30.1 Å². The van der Waals surface area contributed by atoms with Crippen LogP contribution in [0.15, 0.2) is 24.4 Å². The SMILES string of the molecule is CSCCN1CCC(NC(=O)N2CC(c3ccccn3)C2)CC1.O=CO. The molecule has 3 heterocycles. The Labute approximate surface area is 159 Å². The second-order valence-corrected chi connectivity index (χ2v) is 7.51. The van der Waals surface area contributed by atoms with Gasteiger partial charge in [-0.2, -0.15) is 11.8 Å². The Bertz CT molecular complexity index is 547. The molecule has 144 valence electrons. The second kappa shape index (κ2) is 11.0. The van der Waals surface area contributed by atoms with Crippen molar-refractivity contribution in [1.29, 1.82) is 0 Å². The third-order valence-corrected chi connectivity index (χ3v) is 5.39. The van der Waals surface area contributed by atoms with Gasteiger partial charge in [0.1, 0.15) is 0 Å². The smallest absolute Gasteiger partial charge is 0.317 e. The van der Waals surface area contributed by atoms with Crippen LogP contribution in [0.3, 0.4) is 0 Å². The maximum absolute atomic E-state index is 12.3. The molecule has 1 aromatic heterocycles. The van der Waals surface area contributed by atoms with Gasteiger partial charge in [0.25, 0.3) is 6.47 Å². The molecule has 0 spiro atoms. The van der Waals surface area contributed by atoms with Gasteiger partial charge in [0.05, 0.1) is 0 Å². The highest BCUT2D eigenvalue weighted by Crippen LogP contribution is 2.25. The highest BCUT2D eigenvalue weighted by atomic mass is 32.2. The molecule has 2 saturated heterocycles. The van der Waals surface area contributed by atoms with E-state index in [0.717, 1.165) is 44.7 Å². The van der Waals surface area contributed by atoms with Gasteiger partial charge in [0.15, 0.2) is 0 Å². The Balaban J connectivity index is 0.000000758. The number of hydrogen-bond donors (Lipinski definition) is 2. The second-order valence-electron chi connectivity index (χ2n) is 6.52. The van der Waals surface area contributed by atoms with E-state index in [-0.39, 0.29) is 12.5 Å². The van der Waals surface area contributed by atoms with Crippen LogP contribution in [0.1, 0.15) is 24.5 Å². The topological polar surface area (TPSA) is 85.8 Å². The van der Waals surface area contributed by atoms with Gasteiger partial charge in [0.2, 0.25) is 0 Å². The summed E-state index contributed by atoms with van der Waals surface area (Å²) < 4.78 is 0. The first-order chi connectivity index (χ1) is 12.7. The molecule has 0 bridgehead atoms. The quantitative estimate of drug-likeness (QED) is 0.757. The number of amides is 2. The monoisotopic (exact) mass is 380 g/mol. The molecule has 1 aromatic rings. The number of thioether (sulfide) groups is 1. The van der Waals surface area contributed by atoms with Crippen molar-refractivity contribution in [3.63, 3.8) is 0 Å². The van der Waals surface area contributed by atoms with Crippen LogP contribution < -0.4 is 5.32 Å². The summed E-state index contributed by atoms with van der Waals surface area (Å²) in [7, 11) is 0. The fourth-order valence-corrected chi connectivity index (χ4v) is 3.68. The molecule has 7 nitrogen and oxygen atoms in total. The van der Waals surface area contributed by atoms with Crippen molar-refractivity contribution in [1.82, 2.24) is 20.1 Å². The van der Waals surface area contributed by atoms with Crippen molar-refractivity contribution >= 4 is 24.3 Å². The molecular weight excluding hydrogens is 352 g/mol. The highest BCUT2D eigenvalue weighted by molar-refractivity contribution is 7.98. The average molecular weight is 381 g/mol. The molecule has 2 fully saturated rings. The number of carbonyl (C=O) groups excluding carboxylic acids is 1. The number of carbonyl (C=O) groups is 2. The summed E-state index contributed by atoms with van der Waals surface area (Å²) in [6.07, 6.45) is 6.11. The number of likely N-dealkylation sites (tertiary alicyclic amines) is 2. The fraction of sp³-hybridized carbons (Fsp3) is 0.611. The van der Waals surface area contributed by atoms with Crippen molar-refractivity contribution in [2.45, 2.75) is 24.8 Å². The Hall–Kier alpha value is -1.80. The van der Waals surface area contributed by atoms with Gasteiger partial charge in [-0.15, -0.1) is 0 Å². The number of pyridine rings is 1. The van der Waals surface area contributed by atoms with Gasteiger partial charge in [0, 0.05) is 62.3 Å². The first-order valence-corrected chi connectivity index (χ1v) is 10.3. The van der Waals surface area contributed by atoms with E-state index < -0.39 is 0 Å². The van der Waals surface area contributed by atoms with Crippen molar-refractivity contribution < 1.29 is 14.7 Å². The molecule has 2 amide bonds. The normalized spacial score (nSPS) is 18.4. The lowest BCUT2D eigenvalue weighted by atomic mass is 9.96. The minimum atomic E-state index is -0.250. The lowest BCUT2D eigenvalue weighted by molar-refractivity contribution is -0.122. The molecule has 0 aromatic carbocycles. The highest BCUT2D eigenvalue weighted by Gasteiger charge is 2.33. The third-order valence-electron chi connectivity index (χ3n) is 4.80. The fourth-order valence-electron chi connectivity index (χ4n) is 3.24. The number of urea groups is 1. The van der Waals surface area contributed by atoms with Gasteiger partial charge in [-0.25, -0.2) is 4.79 Å². The van der Waals surface area contributed by atoms with Crippen molar-refractivity contribution in [2.75, 3.05) is 44.7 Å². The van der Waals surface area contributed by atoms with Crippen molar-refractivity contribution in [3.8, 4) is 0 Å². The van der Waals surface area contributed by atoms with E-state index >= 15 is 0 Å². The van der Waals surface area contributed by atoms with E-state index in [4.69, 9.17) is 9.90 Å². The van der Waals surface area contributed by atoms with E-state index in [0.29, 0.717) is 12.0 Å². The average Bonchev–Trinajstić information content (AvgIpc) is 2.61. The maximum Gasteiger partial charge on any atom is 0.317 e. The van der Waals surface area contributed by atoms with Gasteiger partial charge < -0.3 is 20.2 Å². The van der Waals surface area contributed by atoms with E-state index in [1.54, 1.807) is 0 Å². The molecular formula is C18H28N4O3S. The minimum Gasteiger partial charge on any atom is -0.483 e. The molecule has 0 saturated carbocycles. The number of hydrogen-bond acceptors (Lipinski definition) is 5. The zero-order valence-corrected chi connectivity index (χ0v) is 16.0. The molecule has 26 heavy (non-hydrogen) atoms. The van der Waals surface area contributed by atoms with Crippen LogP contribution in [-0.2, 0) is 4.79 Å². The number of rotatable bonds is 5. The standard InChI is InChI=1S/C17H26N4OS.CH2O2/c1-23-11-10-20-8-5-15(6-9-20)19-17(22)21-12-14(13-21)16-4-2-3-7-18-16;2-1-3/h2-4,7,14-15H,5-6,8-13H2,1H3,(H,19,22);1H,(H,2,3). The summed E-state index contributed by atoms with van der Waals surface area (Å²) >= 11 is 1.90. The van der Waals surface area contributed by atoms with Gasteiger partial charge >= 0.3 is 6.03 Å². The lowest BCUT2D eigenvalue weighted by Crippen LogP contribution is -2.56. The zero-order chi connectivity index (χ0) is 18.8. The zero-order valence-electron chi connectivity index (χ0n) is 15.2. The van der Waals surface area contributed by atoms with Crippen LogP contribution in [-0.4, -0.2) is 83.2 Å². The number of piperidine rings is 1. The molecule has 2 N–H and O–H groups in total. The Morgan fingerprint density at radius 1 is 1.38 bits per heavy atom. The van der Waals surface area contributed by atoms with Gasteiger partial charge in [-0.1, -0.05) is 6.07 Å². The number of nitrogens with one attached hydrogen (secondary N) is 1. The van der Waals surface area contributed by atoms with Crippen LogP contribution >= 0.6 is 11.8 Å².